The van der Waals surface area contributed by atoms with Crippen LogP contribution in [0.25, 0.3) is 0 Å². The van der Waals surface area contributed by atoms with Gasteiger partial charge in [-0.15, -0.1) is 0 Å². The minimum atomic E-state index is -4.95. The molecule has 0 saturated carbocycles. The molecular weight excluding hydrogens is 352 g/mol. The molecule has 0 spiro atoms. The largest absolute Gasteiger partial charge is 0.408 e. The number of pyridine rings is 1. The Morgan fingerprint density at radius 3 is 2.21 bits per heavy atom. The summed E-state index contributed by atoms with van der Waals surface area (Å²) in [6.07, 6.45) is -3.83. The normalized spacial score (nSPS) is 13.7. The van der Waals surface area contributed by atoms with Gasteiger partial charge in [-0.2, -0.15) is 17.9 Å². The molecule has 1 unspecified atom stereocenters. The predicted octanol–water partition coefficient (Wildman–Crippen LogP) is 2.11. The maximum absolute atomic E-state index is 13.2. The van der Waals surface area contributed by atoms with Crippen LogP contribution in [-0.2, 0) is 17.1 Å². The van der Waals surface area contributed by atoms with E-state index in [0.717, 1.165) is 41.1 Å². The number of hydrogen-bond donors (Lipinski definition) is 1. The number of halogens is 4. The van der Waals surface area contributed by atoms with Crippen LogP contribution in [0.1, 0.15) is 11.6 Å². The second kappa shape index (κ2) is 6.36. The molecule has 130 valence electrons. The molecule has 1 atom stereocenters. The molecule has 1 aromatic heterocycles. The molecule has 0 saturated heterocycles. The van der Waals surface area contributed by atoms with Gasteiger partial charge in [0.2, 0.25) is 10.0 Å². The molecule has 5 nitrogen and oxygen atoms in total. The van der Waals surface area contributed by atoms with E-state index in [1.807, 2.05) is 0 Å². The number of benzene rings is 1. The third kappa shape index (κ3) is 4.01. The summed E-state index contributed by atoms with van der Waals surface area (Å²) in [5.74, 6) is -0.755. The molecule has 0 radical (unpaired) electrons. The highest BCUT2D eigenvalue weighted by molar-refractivity contribution is 7.89. The first-order valence-corrected chi connectivity index (χ1v) is 8.00. The molecule has 2 aromatic rings. The topological polar surface area (TPSA) is 68.2 Å². The van der Waals surface area contributed by atoms with Crippen LogP contribution in [0, 0.1) is 5.82 Å². The van der Waals surface area contributed by atoms with Gasteiger partial charge in [0.05, 0.1) is 4.90 Å². The third-order valence-corrected chi connectivity index (χ3v) is 4.61. The first kappa shape index (κ1) is 18.1. The molecule has 10 heteroatoms. The standard InChI is InChI=1S/C14H12F4N2O3S/c1-20-7-6-11(8-12(20)21)24(22,23)19-13(14(16,17)18)9-2-4-10(15)5-3-9/h2-8,13,19H,1H3. The van der Waals surface area contributed by atoms with Crippen molar-refractivity contribution < 1.29 is 26.0 Å². The summed E-state index contributed by atoms with van der Waals surface area (Å²) in [5.41, 5.74) is -1.17. The zero-order chi connectivity index (χ0) is 18.1. The Morgan fingerprint density at radius 2 is 1.71 bits per heavy atom. The van der Waals surface area contributed by atoms with Gasteiger partial charge in [-0.3, -0.25) is 4.79 Å². The van der Waals surface area contributed by atoms with Gasteiger partial charge in [-0.25, -0.2) is 12.8 Å². The fraction of sp³-hybridized carbons (Fsp3) is 0.214. The van der Waals surface area contributed by atoms with Crippen LogP contribution in [0.15, 0.2) is 52.3 Å². The monoisotopic (exact) mass is 364 g/mol. The van der Waals surface area contributed by atoms with E-state index in [-0.39, 0.29) is 0 Å². The molecule has 0 bridgehead atoms. The number of aryl methyl sites for hydroxylation is 1. The second-order valence-electron chi connectivity index (χ2n) is 4.96. The minimum absolute atomic E-state index is 0.476. The van der Waals surface area contributed by atoms with Gasteiger partial charge in [0.1, 0.15) is 11.9 Å². The maximum Gasteiger partial charge on any atom is 0.408 e. The van der Waals surface area contributed by atoms with E-state index in [9.17, 15) is 30.8 Å². The highest BCUT2D eigenvalue weighted by atomic mass is 32.2. The minimum Gasteiger partial charge on any atom is -0.319 e. The van der Waals surface area contributed by atoms with Crippen molar-refractivity contribution in [1.29, 1.82) is 0 Å². The van der Waals surface area contributed by atoms with Crippen molar-refractivity contribution >= 4 is 10.0 Å². The Kier molecular flexibility index (Phi) is 4.81. The van der Waals surface area contributed by atoms with E-state index >= 15 is 0 Å². The number of aromatic nitrogens is 1. The van der Waals surface area contributed by atoms with Gasteiger partial charge in [0.15, 0.2) is 0 Å². The van der Waals surface area contributed by atoms with Crippen molar-refractivity contribution in [2.45, 2.75) is 17.1 Å². The first-order chi connectivity index (χ1) is 11.0. The molecular formula is C14H12F4N2O3S. The quantitative estimate of drug-likeness (QED) is 0.845. The molecule has 2 rings (SSSR count). The van der Waals surface area contributed by atoms with Crippen LogP contribution in [0.3, 0.4) is 0 Å². The number of nitrogens with one attached hydrogen (secondary N) is 1. The van der Waals surface area contributed by atoms with Crippen molar-refractivity contribution in [3.05, 3.63) is 64.3 Å². The lowest BCUT2D eigenvalue weighted by Gasteiger charge is -2.22. The zero-order valence-corrected chi connectivity index (χ0v) is 13.0. The van der Waals surface area contributed by atoms with Gasteiger partial charge < -0.3 is 4.57 Å². The van der Waals surface area contributed by atoms with Crippen LogP contribution in [0.5, 0.6) is 0 Å². The summed E-state index contributed by atoms with van der Waals surface area (Å²) in [6.45, 7) is 0. The van der Waals surface area contributed by atoms with Crippen molar-refractivity contribution in [3.63, 3.8) is 0 Å². The summed E-state index contributed by atoms with van der Waals surface area (Å²) in [6, 6.07) is 2.39. The third-order valence-electron chi connectivity index (χ3n) is 3.19. The predicted molar refractivity (Wildman–Crippen MR) is 77.2 cm³/mol. The number of sulfonamides is 1. The first-order valence-electron chi connectivity index (χ1n) is 6.52. The van der Waals surface area contributed by atoms with Gasteiger partial charge in [-0.1, -0.05) is 12.1 Å². The van der Waals surface area contributed by atoms with Crippen LogP contribution >= 0.6 is 0 Å². The van der Waals surface area contributed by atoms with E-state index in [0.29, 0.717) is 6.07 Å². The second-order valence-corrected chi connectivity index (χ2v) is 6.67. The Hall–Kier alpha value is -2.20. The molecule has 0 aliphatic carbocycles. The Bertz CT molecular complexity index is 889. The molecule has 24 heavy (non-hydrogen) atoms. The number of alkyl halides is 3. The summed E-state index contributed by atoms with van der Waals surface area (Å²) < 4.78 is 79.4. The van der Waals surface area contributed by atoms with E-state index in [1.54, 1.807) is 0 Å². The summed E-state index contributed by atoms with van der Waals surface area (Å²) in [4.78, 5) is 10.9. The highest BCUT2D eigenvalue weighted by Gasteiger charge is 2.43. The maximum atomic E-state index is 13.2. The van der Waals surface area contributed by atoms with Crippen molar-refractivity contribution in [3.8, 4) is 0 Å². The smallest absolute Gasteiger partial charge is 0.319 e. The number of rotatable bonds is 4. The fourth-order valence-electron chi connectivity index (χ4n) is 1.90. The van der Waals surface area contributed by atoms with Crippen molar-refractivity contribution in [2.24, 2.45) is 7.05 Å². The summed E-state index contributed by atoms with van der Waals surface area (Å²) in [5, 5.41) is 0. The van der Waals surface area contributed by atoms with E-state index < -0.39 is 44.1 Å². The molecule has 1 heterocycles. The highest BCUT2D eigenvalue weighted by Crippen LogP contribution is 2.34. The van der Waals surface area contributed by atoms with E-state index in [4.69, 9.17) is 0 Å². The van der Waals surface area contributed by atoms with Crippen LogP contribution in [0.4, 0.5) is 17.6 Å². The van der Waals surface area contributed by atoms with Crippen LogP contribution in [-0.4, -0.2) is 19.2 Å². The summed E-state index contributed by atoms with van der Waals surface area (Å²) in [7, 11) is -3.25. The molecule has 0 amide bonds. The van der Waals surface area contributed by atoms with Gasteiger partial charge in [0.25, 0.3) is 5.56 Å². The molecule has 1 aromatic carbocycles. The molecule has 1 N–H and O–H groups in total. The average Bonchev–Trinajstić information content (AvgIpc) is 2.47. The Labute approximate surface area is 134 Å². The lowest BCUT2D eigenvalue weighted by Crippen LogP contribution is -2.38. The van der Waals surface area contributed by atoms with Crippen LogP contribution < -0.4 is 10.3 Å². The van der Waals surface area contributed by atoms with E-state index in [1.165, 1.54) is 11.8 Å². The lowest BCUT2D eigenvalue weighted by molar-refractivity contribution is -0.153. The Morgan fingerprint density at radius 1 is 1.12 bits per heavy atom. The molecule has 0 aliphatic heterocycles. The SMILES string of the molecule is Cn1ccc(S(=O)(=O)NC(c2ccc(F)cc2)C(F)(F)F)cc1=O. The van der Waals surface area contributed by atoms with Crippen LogP contribution in [0.2, 0.25) is 0 Å². The average molecular weight is 364 g/mol. The van der Waals surface area contributed by atoms with Gasteiger partial charge in [-0.05, 0) is 23.8 Å². The van der Waals surface area contributed by atoms with Gasteiger partial charge >= 0.3 is 6.18 Å². The van der Waals surface area contributed by atoms with Crippen molar-refractivity contribution in [1.82, 2.24) is 9.29 Å². The zero-order valence-electron chi connectivity index (χ0n) is 12.2. The van der Waals surface area contributed by atoms with Gasteiger partial charge in [0, 0.05) is 19.3 Å². The summed E-state index contributed by atoms with van der Waals surface area (Å²) >= 11 is 0. The van der Waals surface area contributed by atoms with Crippen molar-refractivity contribution in [2.75, 3.05) is 0 Å². The molecule has 0 aliphatic rings. The number of nitrogens with zero attached hydrogens (tertiary/aromatic N) is 1. The Balaban J connectivity index is 2.43. The lowest BCUT2D eigenvalue weighted by atomic mass is 10.1. The number of hydrogen-bond acceptors (Lipinski definition) is 3. The fourth-order valence-corrected chi connectivity index (χ4v) is 3.11. The molecule has 0 fully saturated rings. The van der Waals surface area contributed by atoms with E-state index in [2.05, 4.69) is 0 Å².